The fourth-order valence-corrected chi connectivity index (χ4v) is 5.66. The summed E-state index contributed by atoms with van der Waals surface area (Å²) in [5.74, 6) is -1.18. The molecule has 3 rings (SSSR count). The van der Waals surface area contributed by atoms with E-state index in [0.717, 1.165) is 19.3 Å². The van der Waals surface area contributed by atoms with E-state index in [1.54, 1.807) is 24.3 Å². The van der Waals surface area contributed by atoms with Gasteiger partial charge in [0.05, 0.1) is 22.9 Å². The monoisotopic (exact) mass is 483 g/mol. The van der Waals surface area contributed by atoms with E-state index in [1.807, 2.05) is 19.1 Å². The van der Waals surface area contributed by atoms with Crippen LogP contribution in [0.25, 0.3) is 0 Å². The Morgan fingerprint density at radius 1 is 1.15 bits per heavy atom. The molecular weight excluding hydrogens is 454 g/mol. The van der Waals surface area contributed by atoms with E-state index in [2.05, 4.69) is 0 Å². The number of anilines is 1. The Bertz CT molecular complexity index is 1140. The van der Waals surface area contributed by atoms with Crippen molar-refractivity contribution in [3.63, 3.8) is 0 Å². The van der Waals surface area contributed by atoms with Gasteiger partial charge in [-0.2, -0.15) is 9.57 Å². The minimum atomic E-state index is -3.65. The van der Waals surface area contributed by atoms with Gasteiger partial charge in [0, 0.05) is 24.8 Å². The van der Waals surface area contributed by atoms with Gasteiger partial charge in [0.1, 0.15) is 0 Å². The van der Waals surface area contributed by atoms with E-state index in [0.29, 0.717) is 12.2 Å². The lowest BCUT2D eigenvalue weighted by Gasteiger charge is -2.32. The van der Waals surface area contributed by atoms with Crippen LogP contribution in [-0.4, -0.2) is 49.8 Å². The van der Waals surface area contributed by atoms with Gasteiger partial charge >= 0.3 is 5.97 Å². The normalized spacial score (nSPS) is 17.4. The van der Waals surface area contributed by atoms with Gasteiger partial charge in [-0.05, 0) is 63.1 Å². The van der Waals surface area contributed by atoms with Crippen LogP contribution in [-0.2, 0) is 19.6 Å². The van der Waals surface area contributed by atoms with Crippen LogP contribution in [0.3, 0.4) is 0 Å². The summed E-state index contributed by atoms with van der Waals surface area (Å²) in [7, 11) is -3.65. The van der Waals surface area contributed by atoms with E-state index in [1.165, 1.54) is 40.4 Å². The number of piperidine rings is 1. The number of hydrogen-bond donors (Lipinski definition) is 0. The molecule has 1 saturated heterocycles. The van der Waals surface area contributed by atoms with Crippen molar-refractivity contribution in [1.29, 1.82) is 5.26 Å². The predicted octanol–water partition coefficient (Wildman–Crippen LogP) is 3.74. The van der Waals surface area contributed by atoms with Crippen molar-refractivity contribution in [3.8, 4) is 6.07 Å². The molecule has 1 aliphatic rings. The van der Waals surface area contributed by atoms with Crippen LogP contribution >= 0.6 is 0 Å². The van der Waals surface area contributed by atoms with Gasteiger partial charge in [-0.3, -0.25) is 4.79 Å². The number of benzene rings is 2. The van der Waals surface area contributed by atoms with Gasteiger partial charge in [0.15, 0.2) is 6.10 Å². The van der Waals surface area contributed by atoms with Gasteiger partial charge in [-0.25, -0.2) is 13.2 Å². The van der Waals surface area contributed by atoms with Gasteiger partial charge in [-0.1, -0.05) is 24.6 Å². The summed E-state index contributed by atoms with van der Waals surface area (Å²) in [4.78, 5) is 27.1. The molecule has 1 aliphatic heterocycles. The molecule has 0 bridgehead atoms. The molecule has 2 aromatic rings. The Balaban J connectivity index is 1.70. The van der Waals surface area contributed by atoms with E-state index in [9.17, 15) is 18.0 Å². The van der Waals surface area contributed by atoms with Crippen molar-refractivity contribution in [2.24, 2.45) is 0 Å². The van der Waals surface area contributed by atoms with Crippen LogP contribution < -0.4 is 4.90 Å². The number of esters is 1. The maximum Gasteiger partial charge on any atom is 0.338 e. The smallest absolute Gasteiger partial charge is 0.338 e. The summed E-state index contributed by atoms with van der Waals surface area (Å²) in [6.45, 7) is 4.02. The standard InChI is InChI=1S/C25H29N3O5S/c1-19-9-6-7-18-28(19)34(31,32)23-14-12-21(13-15-23)25(30)33-20(2)24(29)27(17-8-16-26)22-10-4-3-5-11-22/h3-5,10-15,19-20H,6-9,17-18H2,1-2H3/t19-,20+/m0/s1. The molecule has 9 heteroatoms. The molecule has 0 radical (unpaired) electrons. The quantitative estimate of drug-likeness (QED) is 0.529. The molecule has 8 nitrogen and oxygen atoms in total. The number of nitriles is 1. The number of nitrogens with zero attached hydrogens (tertiary/aromatic N) is 3. The molecule has 180 valence electrons. The van der Waals surface area contributed by atoms with Crippen molar-refractivity contribution in [2.75, 3.05) is 18.0 Å². The zero-order chi connectivity index (χ0) is 24.7. The molecule has 2 atom stereocenters. The summed E-state index contributed by atoms with van der Waals surface area (Å²) < 4.78 is 32.8. The highest BCUT2D eigenvalue weighted by atomic mass is 32.2. The molecule has 1 fully saturated rings. The Kier molecular flexibility index (Phi) is 8.42. The van der Waals surface area contributed by atoms with Crippen LogP contribution in [0.2, 0.25) is 0 Å². The van der Waals surface area contributed by atoms with Gasteiger partial charge in [-0.15, -0.1) is 0 Å². The SMILES string of the molecule is C[C@@H](OC(=O)c1ccc(S(=O)(=O)N2CCCC[C@@H]2C)cc1)C(=O)N(CCC#N)c1ccccc1. The van der Waals surface area contributed by atoms with Crippen molar-refractivity contribution in [1.82, 2.24) is 4.31 Å². The number of para-hydroxylation sites is 1. The maximum absolute atomic E-state index is 13.0. The minimum Gasteiger partial charge on any atom is -0.449 e. The van der Waals surface area contributed by atoms with Crippen LogP contribution in [0, 0.1) is 11.3 Å². The lowest BCUT2D eigenvalue weighted by Crippen LogP contribution is -2.41. The average Bonchev–Trinajstić information content (AvgIpc) is 2.85. The third-order valence-electron chi connectivity index (χ3n) is 5.85. The Labute approximate surface area is 200 Å². The molecule has 0 N–H and O–H groups in total. The molecule has 0 aromatic heterocycles. The predicted molar refractivity (Wildman–Crippen MR) is 128 cm³/mol. The molecule has 0 aliphatic carbocycles. The van der Waals surface area contributed by atoms with Crippen LogP contribution in [0.5, 0.6) is 0 Å². The van der Waals surface area contributed by atoms with Gasteiger partial charge in [0.2, 0.25) is 10.0 Å². The molecule has 2 aromatic carbocycles. The summed E-state index contributed by atoms with van der Waals surface area (Å²) in [5, 5.41) is 8.93. The van der Waals surface area contributed by atoms with Crippen molar-refractivity contribution in [3.05, 3.63) is 60.2 Å². The highest BCUT2D eigenvalue weighted by molar-refractivity contribution is 7.89. The Morgan fingerprint density at radius 3 is 2.44 bits per heavy atom. The first-order chi connectivity index (χ1) is 16.3. The van der Waals surface area contributed by atoms with Crippen molar-refractivity contribution < 1.29 is 22.7 Å². The number of carbonyl (C=O) groups is 2. The zero-order valence-corrected chi connectivity index (χ0v) is 20.2. The summed E-state index contributed by atoms with van der Waals surface area (Å²) >= 11 is 0. The largest absolute Gasteiger partial charge is 0.449 e. The first-order valence-corrected chi connectivity index (χ1v) is 12.8. The second-order valence-corrected chi connectivity index (χ2v) is 10.2. The van der Waals surface area contributed by atoms with E-state index in [-0.39, 0.29) is 29.5 Å². The summed E-state index contributed by atoms with van der Waals surface area (Å²) in [5.41, 5.74) is 0.751. The highest BCUT2D eigenvalue weighted by Gasteiger charge is 2.31. The zero-order valence-electron chi connectivity index (χ0n) is 19.4. The fraction of sp³-hybridized carbons (Fsp3) is 0.400. The third kappa shape index (κ3) is 5.82. The Morgan fingerprint density at radius 2 is 1.82 bits per heavy atom. The Hall–Kier alpha value is -3.22. The van der Waals surface area contributed by atoms with Crippen LogP contribution in [0.1, 0.15) is 49.9 Å². The lowest BCUT2D eigenvalue weighted by atomic mass is 10.1. The van der Waals surface area contributed by atoms with Gasteiger partial charge < -0.3 is 9.64 Å². The second kappa shape index (κ2) is 11.3. The van der Waals surface area contributed by atoms with E-state index < -0.39 is 28.0 Å². The van der Waals surface area contributed by atoms with Crippen LogP contribution in [0.15, 0.2) is 59.5 Å². The second-order valence-electron chi connectivity index (χ2n) is 8.27. The molecule has 1 heterocycles. The topological polar surface area (TPSA) is 108 Å². The first-order valence-electron chi connectivity index (χ1n) is 11.3. The number of amides is 1. The number of carbonyl (C=O) groups excluding carboxylic acids is 2. The summed E-state index contributed by atoms with van der Waals surface area (Å²) in [6.07, 6.45) is 1.70. The number of ether oxygens (including phenoxy) is 1. The first kappa shape index (κ1) is 25.4. The molecular formula is C25H29N3O5S. The lowest BCUT2D eigenvalue weighted by molar-refractivity contribution is -0.126. The van der Waals surface area contributed by atoms with Crippen molar-refractivity contribution in [2.45, 2.75) is 56.6 Å². The highest BCUT2D eigenvalue weighted by Crippen LogP contribution is 2.25. The number of rotatable bonds is 8. The molecule has 0 spiro atoms. The third-order valence-corrected chi connectivity index (χ3v) is 7.88. The molecule has 0 saturated carbocycles. The number of sulfonamides is 1. The van der Waals surface area contributed by atoms with E-state index in [4.69, 9.17) is 10.00 Å². The molecule has 34 heavy (non-hydrogen) atoms. The van der Waals surface area contributed by atoms with Crippen molar-refractivity contribution >= 4 is 27.6 Å². The number of hydrogen-bond acceptors (Lipinski definition) is 6. The molecule has 0 unspecified atom stereocenters. The van der Waals surface area contributed by atoms with E-state index >= 15 is 0 Å². The van der Waals surface area contributed by atoms with Crippen LogP contribution in [0.4, 0.5) is 5.69 Å². The van der Waals surface area contributed by atoms with Gasteiger partial charge in [0.25, 0.3) is 5.91 Å². The average molecular weight is 484 g/mol. The maximum atomic E-state index is 13.0. The fourth-order valence-electron chi connectivity index (χ4n) is 3.96. The summed E-state index contributed by atoms with van der Waals surface area (Å²) in [6, 6.07) is 16.4. The minimum absolute atomic E-state index is 0.0659. The molecule has 1 amide bonds.